The molecule has 5 heteroatoms. The third-order valence-electron chi connectivity index (χ3n) is 3.45. The number of para-hydroxylation sites is 1. The van der Waals surface area contributed by atoms with Crippen molar-refractivity contribution in [2.45, 2.75) is 20.3 Å². The molecule has 0 spiro atoms. The van der Waals surface area contributed by atoms with Crippen LogP contribution in [0.25, 0.3) is 10.2 Å². The Morgan fingerprint density at radius 1 is 1.22 bits per heavy atom. The minimum absolute atomic E-state index is 0.0886. The molecule has 0 atom stereocenters. The summed E-state index contributed by atoms with van der Waals surface area (Å²) < 4.78 is 6.68. The maximum Gasteiger partial charge on any atom is 0.229 e. The smallest absolute Gasteiger partial charge is 0.229 e. The van der Waals surface area contributed by atoms with E-state index in [0.717, 1.165) is 27.1 Å². The molecule has 2 aromatic carbocycles. The molecule has 118 valence electrons. The van der Waals surface area contributed by atoms with Crippen LogP contribution in [0.3, 0.4) is 0 Å². The van der Waals surface area contributed by atoms with Gasteiger partial charge in [0.15, 0.2) is 5.13 Å². The summed E-state index contributed by atoms with van der Waals surface area (Å²) in [6, 6.07) is 13.8. The number of carbonyl (C=O) groups is 1. The van der Waals surface area contributed by atoms with E-state index < -0.39 is 0 Å². The predicted octanol–water partition coefficient (Wildman–Crippen LogP) is 4.32. The van der Waals surface area contributed by atoms with Crippen molar-refractivity contribution in [2.24, 2.45) is 0 Å². The predicted molar refractivity (Wildman–Crippen MR) is 94.3 cm³/mol. The van der Waals surface area contributed by atoms with Gasteiger partial charge < -0.3 is 10.1 Å². The molecule has 0 aliphatic carbocycles. The number of rotatable bonds is 5. The number of benzene rings is 2. The number of hydrogen-bond donors (Lipinski definition) is 1. The van der Waals surface area contributed by atoms with E-state index in [0.29, 0.717) is 18.2 Å². The molecule has 0 unspecified atom stereocenters. The highest BCUT2D eigenvalue weighted by molar-refractivity contribution is 7.22. The van der Waals surface area contributed by atoms with Gasteiger partial charge in [-0.2, -0.15) is 0 Å². The largest absolute Gasteiger partial charge is 0.493 e. The van der Waals surface area contributed by atoms with Crippen LogP contribution in [-0.4, -0.2) is 17.5 Å². The van der Waals surface area contributed by atoms with Gasteiger partial charge in [0.2, 0.25) is 5.91 Å². The molecule has 3 rings (SSSR count). The number of aryl methyl sites for hydroxylation is 2. The van der Waals surface area contributed by atoms with Crippen LogP contribution in [0.5, 0.6) is 5.75 Å². The molecule has 0 aliphatic heterocycles. The minimum atomic E-state index is -0.0886. The van der Waals surface area contributed by atoms with Crippen LogP contribution in [0, 0.1) is 13.8 Å². The van der Waals surface area contributed by atoms with Gasteiger partial charge in [0.05, 0.1) is 23.2 Å². The lowest BCUT2D eigenvalue weighted by molar-refractivity contribution is -0.116. The first-order valence-electron chi connectivity index (χ1n) is 7.47. The van der Waals surface area contributed by atoms with Crippen molar-refractivity contribution in [2.75, 3.05) is 11.9 Å². The molecular formula is C18H18N2O2S. The molecule has 0 aliphatic rings. The van der Waals surface area contributed by atoms with E-state index in [2.05, 4.69) is 10.3 Å². The van der Waals surface area contributed by atoms with Crippen LogP contribution in [0.4, 0.5) is 5.13 Å². The third-order valence-corrected chi connectivity index (χ3v) is 4.39. The molecule has 0 radical (unpaired) electrons. The zero-order valence-corrected chi connectivity index (χ0v) is 13.9. The summed E-state index contributed by atoms with van der Waals surface area (Å²) in [6.07, 6.45) is 0.294. The van der Waals surface area contributed by atoms with Crippen molar-refractivity contribution >= 4 is 32.6 Å². The normalized spacial score (nSPS) is 10.7. The van der Waals surface area contributed by atoms with Crippen LogP contribution in [0.2, 0.25) is 0 Å². The second kappa shape index (κ2) is 6.79. The molecule has 23 heavy (non-hydrogen) atoms. The summed E-state index contributed by atoms with van der Waals surface area (Å²) >= 11 is 1.49. The standard InChI is InChI=1S/C18H18N2O2S/c1-12-5-3-7-14(11-12)22-10-9-16(21)19-18-20-17-13(2)6-4-8-15(17)23-18/h3-8,11H,9-10H2,1-2H3,(H,19,20,21). The highest BCUT2D eigenvalue weighted by atomic mass is 32.1. The third kappa shape index (κ3) is 3.87. The number of ether oxygens (including phenoxy) is 1. The minimum Gasteiger partial charge on any atom is -0.493 e. The average molecular weight is 326 g/mol. The average Bonchev–Trinajstić information content (AvgIpc) is 2.91. The highest BCUT2D eigenvalue weighted by Crippen LogP contribution is 2.27. The van der Waals surface area contributed by atoms with Gasteiger partial charge >= 0.3 is 0 Å². The molecule has 0 fully saturated rings. The first kappa shape index (κ1) is 15.5. The number of fused-ring (bicyclic) bond motifs is 1. The van der Waals surface area contributed by atoms with Crippen LogP contribution in [-0.2, 0) is 4.79 Å². The number of carbonyl (C=O) groups excluding carboxylic acids is 1. The Balaban J connectivity index is 1.55. The number of nitrogens with zero attached hydrogens (tertiary/aromatic N) is 1. The number of aromatic nitrogens is 1. The van der Waals surface area contributed by atoms with Crippen molar-refractivity contribution in [3.8, 4) is 5.75 Å². The quantitative estimate of drug-likeness (QED) is 0.759. The summed E-state index contributed by atoms with van der Waals surface area (Å²) in [4.78, 5) is 16.5. The summed E-state index contributed by atoms with van der Waals surface area (Å²) in [5.74, 6) is 0.697. The fourth-order valence-electron chi connectivity index (χ4n) is 2.29. The van der Waals surface area contributed by atoms with E-state index >= 15 is 0 Å². The van der Waals surface area contributed by atoms with Gasteiger partial charge in [-0.3, -0.25) is 4.79 Å². The van der Waals surface area contributed by atoms with E-state index in [1.807, 2.05) is 56.3 Å². The summed E-state index contributed by atoms with van der Waals surface area (Å²) in [7, 11) is 0. The number of amides is 1. The van der Waals surface area contributed by atoms with Crippen LogP contribution in [0.15, 0.2) is 42.5 Å². The highest BCUT2D eigenvalue weighted by Gasteiger charge is 2.09. The van der Waals surface area contributed by atoms with Gasteiger partial charge in [-0.25, -0.2) is 4.98 Å². The molecule has 1 amide bonds. The number of anilines is 1. The first-order chi connectivity index (χ1) is 11.1. The van der Waals surface area contributed by atoms with E-state index in [4.69, 9.17) is 4.74 Å². The molecule has 1 heterocycles. The van der Waals surface area contributed by atoms with Gasteiger partial charge in [0.25, 0.3) is 0 Å². The lowest BCUT2D eigenvalue weighted by Crippen LogP contribution is -2.15. The molecule has 0 saturated carbocycles. The Morgan fingerprint density at radius 2 is 2.04 bits per heavy atom. The Labute approximate surface area is 139 Å². The fourth-order valence-corrected chi connectivity index (χ4v) is 3.25. The second-order valence-electron chi connectivity index (χ2n) is 5.40. The van der Waals surface area contributed by atoms with Crippen molar-refractivity contribution in [3.63, 3.8) is 0 Å². The summed E-state index contributed by atoms with van der Waals surface area (Å²) in [6.45, 7) is 4.37. The number of hydrogen-bond acceptors (Lipinski definition) is 4. The van der Waals surface area contributed by atoms with Crippen LogP contribution in [0.1, 0.15) is 17.5 Å². The fraction of sp³-hybridized carbons (Fsp3) is 0.222. The van der Waals surface area contributed by atoms with E-state index in [1.165, 1.54) is 11.3 Å². The van der Waals surface area contributed by atoms with Gasteiger partial charge in [-0.1, -0.05) is 35.6 Å². The summed E-state index contributed by atoms with van der Waals surface area (Å²) in [5, 5.41) is 3.48. The van der Waals surface area contributed by atoms with Crippen LogP contribution < -0.4 is 10.1 Å². The Morgan fingerprint density at radius 3 is 2.83 bits per heavy atom. The molecule has 3 aromatic rings. The molecule has 0 saturated heterocycles. The maximum atomic E-state index is 12.0. The van der Waals surface area contributed by atoms with Crippen molar-refractivity contribution in [1.29, 1.82) is 0 Å². The lowest BCUT2D eigenvalue weighted by atomic mass is 10.2. The van der Waals surface area contributed by atoms with E-state index in [1.54, 1.807) is 0 Å². The van der Waals surface area contributed by atoms with Crippen molar-refractivity contribution in [1.82, 2.24) is 4.98 Å². The maximum absolute atomic E-state index is 12.0. The van der Waals surface area contributed by atoms with Crippen molar-refractivity contribution in [3.05, 3.63) is 53.6 Å². The molecule has 1 aromatic heterocycles. The van der Waals surface area contributed by atoms with Gasteiger partial charge in [0.1, 0.15) is 5.75 Å². The molecule has 1 N–H and O–H groups in total. The van der Waals surface area contributed by atoms with E-state index in [9.17, 15) is 4.79 Å². The van der Waals surface area contributed by atoms with Gasteiger partial charge in [0, 0.05) is 0 Å². The Hall–Kier alpha value is -2.40. The molecule has 4 nitrogen and oxygen atoms in total. The monoisotopic (exact) mass is 326 g/mol. The lowest BCUT2D eigenvalue weighted by Gasteiger charge is -2.06. The topological polar surface area (TPSA) is 51.2 Å². The van der Waals surface area contributed by atoms with Gasteiger partial charge in [-0.05, 0) is 43.2 Å². The first-order valence-corrected chi connectivity index (χ1v) is 8.29. The summed E-state index contributed by atoms with van der Waals surface area (Å²) in [5.41, 5.74) is 3.20. The second-order valence-corrected chi connectivity index (χ2v) is 6.43. The van der Waals surface area contributed by atoms with Crippen LogP contribution >= 0.6 is 11.3 Å². The Bertz CT molecular complexity index is 842. The van der Waals surface area contributed by atoms with Gasteiger partial charge in [-0.15, -0.1) is 0 Å². The molecule has 0 bridgehead atoms. The molecular weight excluding hydrogens is 308 g/mol. The Kier molecular flexibility index (Phi) is 4.57. The van der Waals surface area contributed by atoms with E-state index in [-0.39, 0.29) is 5.91 Å². The zero-order chi connectivity index (χ0) is 16.2. The SMILES string of the molecule is Cc1cccc(OCCC(=O)Nc2nc3c(C)cccc3s2)c1. The zero-order valence-electron chi connectivity index (χ0n) is 13.1. The number of nitrogens with one attached hydrogen (secondary N) is 1. The van der Waals surface area contributed by atoms with Crippen molar-refractivity contribution < 1.29 is 9.53 Å². The number of thiazole rings is 1.